The Labute approximate surface area is 156 Å². The second-order valence-electron chi connectivity index (χ2n) is 5.85. The molecule has 3 amide bonds. The summed E-state index contributed by atoms with van der Waals surface area (Å²) in [6, 6.07) is 10.3. The van der Waals surface area contributed by atoms with E-state index in [0.29, 0.717) is 23.6 Å². The number of anilines is 1. The van der Waals surface area contributed by atoms with Crippen LogP contribution >= 0.6 is 0 Å². The van der Waals surface area contributed by atoms with Crippen molar-refractivity contribution in [3.05, 3.63) is 71.7 Å². The van der Waals surface area contributed by atoms with E-state index in [2.05, 4.69) is 26.0 Å². The lowest BCUT2D eigenvalue weighted by atomic mass is 10.1. The monoisotopic (exact) mass is 364 g/mol. The molecule has 0 spiro atoms. The number of hydrogen-bond donors (Lipinski definition) is 3. The first-order chi connectivity index (χ1) is 13.1. The predicted molar refractivity (Wildman–Crippen MR) is 102 cm³/mol. The van der Waals surface area contributed by atoms with Crippen LogP contribution in [0.3, 0.4) is 0 Å². The Morgan fingerprint density at radius 2 is 2.00 bits per heavy atom. The average Bonchev–Trinajstić information content (AvgIpc) is 3.22. The summed E-state index contributed by atoms with van der Waals surface area (Å²) in [5.41, 5.74) is 2.81. The fourth-order valence-electron chi connectivity index (χ4n) is 2.60. The van der Waals surface area contributed by atoms with Crippen molar-refractivity contribution in [3.8, 4) is 5.82 Å². The average molecular weight is 364 g/mol. The molecule has 0 aliphatic heterocycles. The van der Waals surface area contributed by atoms with Crippen LogP contribution in [0.15, 0.2) is 55.0 Å². The molecule has 0 bridgehead atoms. The van der Waals surface area contributed by atoms with Crippen LogP contribution < -0.4 is 16.0 Å². The van der Waals surface area contributed by atoms with E-state index in [0.717, 1.165) is 11.1 Å². The summed E-state index contributed by atoms with van der Waals surface area (Å²) in [6.45, 7) is 2.13. The van der Waals surface area contributed by atoms with Gasteiger partial charge >= 0.3 is 6.03 Å². The van der Waals surface area contributed by atoms with Crippen molar-refractivity contribution in [3.63, 3.8) is 0 Å². The summed E-state index contributed by atoms with van der Waals surface area (Å²) in [4.78, 5) is 28.3. The van der Waals surface area contributed by atoms with Crippen molar-refractivity contribution in [2.24, 2.45) is 0 Å². The Bertz CT molecular complexity index is 953. The molecule has 3 rings (SSSR count). The maximum Gasteiger partial charge on any atom is 0.319 e. The zero-order valence-corrected chi connectivity index (χ0v) is 15.1. The molecule has 0 saturated carbocycles. The number of nitrogens with zero attached hydrogens (tertiary/aromatic N) is 3. The van der Waals surface area contributed by atoms with E-state index in [1.165, 1.54) is 0 Å². The van der Waals surface area contributed by atoms with Crippen molar-refractivity contribution < 1.29 is 9.59 Å². The van der Waals surface area contributed by atoms with Crippen LogP contribution in [-0.4, -0.2) is 33.8 Å². The van der Waals surface area contributed by atoms with Crippen LogP contribution in [0.25, 0.3) is 5.82 Å². The van der Waals surface area contributed by atoms with Crippen molar-refractivity contribution >= 4 is 17.6 Å². The molecule has 1 aromatic carbocycles. The van der Waals surface area contributed by atoms with Gasteiger partial charge in [0.2, 0.25) is 0 Å². The van der Waals surface area contributed by atoms with E-state index in [1.54, 1.807) is 48.5 Å². The lowest BCUT2D eigenvalue weighted by Crippen LogP contribution is -2.29. The largest absolute Gasteiger partial charge is 0.355 e. The van der Waals surface area contributed by atoms with Crippen LogP contribution in [-0.2, 0) is 6.54 Å². The highest BCUT2D eigenvalue weighted by atomic mass is 16.2. The van der Waals surface area contributed by atoms with Gasteiger partial charge in [-0.15, -0.1) is 0 Å². The molecule has 0 fully saturated rings. The smallest absolute Gasteiger partial charge is 0.319 e. The molecule has 3 aromatic rings. The molecule has 2 aromatic heterocycles. The van der Waals surface area contributed by atoms with Gasteiger partial charge in [0.15, 0.2) is 5.82 Å². The summed E-state index contributed by atoms with van der Waals surface area (Å²) in [7, 11) is 1.58. The van der Waals surface area contributed by atoms with Gasteiger partial charge in [-0.05, 0) is 42.8 Å². The topological polar surface area (TPSA) is 101 Å². The number of aryl methyl sites for hydroxylation is 1. The van der Waals surface area contributed by atoms with Gasteiger partial charge in [-0.2, -0.15) is 5.10 Å². The molecule has 0 aliphatic carbocycles. The number of hydrogen-bond acceptors (Lipinski definition) is 4. The molecule has 3 N–H and O–H groups in total. The molecule has 8 nitrogen and oxygen atoms in total. The highest BCUT2D eigenvalue weighted by Crippen LogP contribution is 2.17. The fourth-order valence-corrected chi connectivity index (χ4v) is 2.60. The Kier molecular flexibility index (Phi) is 5.46. The van der Waals surface area contributed by atoms with E-state index in [4.69, 9.17) is 0 Å². The summed E-state index contributed by atoms with van der Waals surface area (Å²) in [5.74, 6) is 0.491. The van der Waals surface area contributed by atoms with E-state index in [9.17, 15) is 9.59 Å². The van der Waals surface area contributed by atoms with Crippen molar-refractivity contribution in [1.29, 1.82) is 0 Å². The molecule has 2 heterocycles. The maximum absolute atomic E-state index is 12.3. The number of carbonyl (C=O) groups is 2. The Balaban J connectivity index is 1.65. The molecule has 0 saturated heterocycles. The summed E-state index contributed by atoms with van der Waals surface area (Å²) in [5, 5.41) is 12.4. The maximum atomic E-state index is 12.3. The van der Waals surface area contributed by atoms with E-state index in [-0.39, 0.29) is 11.9 Å². The Hall–Kier alpha value is -3.68. The number of rotatable bonds is 5. The first-order valence-electron chi connectivity index (χ1n) is 8.40. The third-order valence-corrected chi connectivity index (χ3v) is 3.99. The number of benzene rings is 1. The van der Waals surface area contributed by atoms with Crippen LogP contribution in [0.5, 0.6) is 0 Å². The summed E-state index contributed by atoms with van der Waals surface area (Å²) < 4.78 is 1.65. The number of carbonyl (C=O) groups excluding carboxylic acids is 2. The number of urea groups is 1. The van der Waals surface area contributed by atoms with Gasteiger partial charge in [-0.1, -0.05) is 6.07 Å². The molecule has 0 atom stereocenters. The quantitative estimate of drug-likeness (QED) is 0.646. The predicted octanol–water partition coefficient (Wildman–Crippen LogP) is 2.26. The SMILES string of the molecule is CNC(=O)c1ccc(NC(=O)NCc2cccnc2-n2cccn2)c(C)c1. The molecule has 0 aliphatic rings. The minimum absolute atomic E-state index is 0.170. The summed E-state index contributed by atoms with van der Waals surface area (Å²) in [6.07, 6.45) is 5.14. The van der Waals surface area contributed by atoms with Gasteiger partial charge in [-0.25, -0.2) is 14.5 Å². The highest BCUT2D eigenvalue weighted by Gasteiger charge is 2.10. The van der Waals surface area contributed by atoms with Gasteiger partial charge in [0, 0.05) is 49.0 Å². The number of aromatic nitrogens is 3. The third kappa shape index (κ3) is 4.30. The van der Waals surface area contributed by atoms with Crippen LogP contribution in [0.1, 0.15) is 21.5 Å². The van der Waals surface area contributed by atoms with E-state index in [1.807, 2.05) is 25.1 Å². The van der Waals surface area contributed by atoms with Gasteiger partial charge in [-0.3, -0.25) is 4.79 Å². The van der Waals surface area contributed by atoms with Gasteiger partial charge in [0.25, 0.3) is 5.91 Å². The Morgan fingerprint density at radius 3 is 2.70 bits per heavy atom. The van der Waals surface area contributed by atoms with Crippen LogP contribution in [0.2, 0.25) is 0 Å². The molecular weight excluding hydrogens is 344 g/mol. The zero-order valence-electron chi connectivity index (χ0n) is 15.1. The van der Waals surface area contributed by atoms with E-state index < -0.39 is 0 Å². The third-order valence-electron chi connectivity index (χ3n) is 3.99. The standard InChI is InChI=1S/C19H20N6O2/c1-13-11-14(18(26)20-2)6-7-16(13)24-19(27)22-12-15-5-3-8-21-17(15)25-10-4-9-23-25/h3-11H,12H2,1-2H3,(H,20,26)(H2,22,24,27). The van der Waals surface area contributed by atoms with Crippen molar-refractivity contribution in [2.45, 2.75) is 13.5 Å². The number of nitrogens with one attached hydrogen (secondary N) is 3. The number of pyridine rings is 1. The molecule has 138 valence electrons. The second kappa shape index (κ2) is 8.13. The van der Waals surface area contributed by atoms with Crippen molar-refractivity contribution in [2.75, 3.05) is 12.4 Å². The highest BCUT2D eigenvalue weighted by molar-refractivity contribution is 5.96. The second-order valence-corrected chi connectivity index (χ2v) is 5.85. The molecule has 0 radical (unpaired) electrons. The molecule has 8 heteroatoms. The lowest BCUT2D eigenvalue weighted by Gasteiger charge is -2.12. The van der Waals surface area contributed by atoms with Crippen LogP contribution in [0.4, 0.5) is 10.5 Å². The van der Waals surface area contributed by atoms with E-state index >= 15 is 0 Å². The molecular formula is C19H20N6O2. The molecule has 27 heavy (non-hydrogen) atoms. The van der Waals surface area contributed by atoms with Crippen LogP contribution in [0, 0.1) is 6.92 Å². The fraction of sp³-hybridized carbons (Fsp3) is 0.158. The first-order valence-corrected chi connectivity index (χ1v) is 8.40. The number of amides is 3. The molecule has 0 unspecified atom stereocenters. The van der Waals surface area contributed by atoms with Crippen molar-refractivity contribution in [1.82, 2.24) is 25.4 Å². The minimum Gasteiger partial charge on any atom is -0.355 e. The van der Waals surface area contributed by atoms with Gasteiger partial charge in [0.05, 0.1) is 0 Å². The summed E-state index contributed by atoms with van der Waals surface area (Å²) >= 11 is 0. The van der Waals surface area contributed by atoms with Gasteiger partial charge in [0.1, 0.15) is 0 Å². The first kappa shape index (κ1) is 18.1. The minimum atomic E-state index is -0.346. The lowest BCUT2D eigenvalue weighted by molar-refractivity contribution is 0.0963. The normalized spacial score (nSPS) is 10.3. The Morgan fingerprint density at radius 1 is 1.15 bits per heavy atom. The zero-order chi connectivity index (χ0) is 19.2. The van der Waals surface area contributed by atoms with Gasteiger partial charge < -0.3 is 16.0 Å².